The van der Waals surface area contributed by atoms with Gasteiger partial charge in [-0.15, -0.1) is 0 Å². The number of halogens is 3. The normalized spacial score (nSPS) is 12.8. The number of hydrogen-bond donors (Lipinski definition) is 1. The minimum absolute atomic E-state index is 0.227. The highest BCUT2D eigenvalue weighted by molar-refractivity contribution is 6.35. The van der Waals surface area contributed by atoms with E-state index < -0.39 is 11.9 Å². The average molecular weight is 324 g/mol. The van der Waals surface area contributed by atoms with Crippen LogP contribution in [-0.4, -0.2) is 0 Å². The van der Waals surface area contributed by atoms with Crippen molar-refractivity contribution in [3.63, 3.8) is 0 Å². The zero-order chi connectivity index (χ0) is 15.0. The second-order valence-corrected chi connectivity index (χ2v) is 5.70. The van der Waals surface area contributed by atoms with Crippen molar-refractivity contribution in [2.75, 3.05) is 0 Å². The van der Waals surface area contributed by atoms with Gasteiger partial charge in [0.05, 0.1) is 6.04 Å². The second kappa shape index (κ2) is 5.68. The molecule has 1 unspecified atom stereocenters. The molecule has 0 bridgehead atoms. The summed E-state index contributed by atoms with van der Waals surface area (Å²) in [6.07, 6.45) is 0.484. The predicted molar refractivity (Wildman–Crippen MR) is 83.3 cm³/mol. The van der Waals surface area contributed by atoms with Gasteiger partial charge in [-0.3, -0.25) is 0 Å². The van der Waals surface area contributed by atoms with Gasteiger partial charge in [-0.2, -0.15) is 0 Å². The molecule has 2 N–H and O–H groups in total. The Balaban J connectivity index is 1.90. The van der Waals surface area contributed by atoms with Gasteiger partial charge < -0.3 is 10.2 Å². The van der Waals surface area contributed by atoms with Crippen LogP contribution in [-0.2, 0) is 6.42 Å². The van der Waals surface area contributed by atoms with Crippen molar-refractivity contribution >= 4 is 34.2 Å². The first kappa shape index (κ1) is 14.4. The summed E-state index contributed by atoms with van der Waals surface area (Å²) in [6, 6.07) is 11.4. The van der Waals surface area contributed by atoms with E-state index in [2.05, 4.69) is 0 Å². The molecule has 0 spiro atoms. The molecule has 0 aliphatic carbocycles. The molecular weight excluding hydrogens is 312 g/mol. The number of rotatable bonds is 3. The van der Waals surface area contributed by atoms with Gasteiger partial charge in [0, 0.05) is 15.4 Å². The van der Waals surface area contributed by atoms with Gasteiger partial charge in [0.25, 0.3) is 0 Å². The highest BCUT2D eigenvalue weighted by atomic mass is 35.5. The molecule has 0 aliphatic rings. The number of fused-ring (bicyclic) bond motifs is 1. The van der Waals surface area contributed by atoms with Crippen LogP contribution in [0.25, 0.3) is 11.0 Å². The topological polar surface area (TPSA) is 39.2 Å². The molecule has 1 atom stereocenters. The van der Waals surface area contributed by atoms with Gasteiger partial charge in [0.15, 0.2) is 11.4 Å². The van der Waals surface area contributed by atoms with Gasteiger partial charge in [-0.05, 0) is 36.2 Å². The summed E-state index contributed by atoms with van der Waals surface area (Å²) >= 11 is 12.0. The molecule has 2 nitrogen and oxygen atoms in total. The lowest BCUT2D eigenvalue weighted by molar-refractivity contribution is 0.478. The van der Waals surface area contributed by atoms with Crippen LogP contribution in [0.5, 0.6) is 0 Å². The lowest BCUT2D eigenvalue weighted by atomic mass is 10.0. The number of furan rings is 1. The zero-order valence-electron chi connectivity index (χ0n) is 10.9. The van der Waals surface area contributed by atoms with Crippen molar-refractivity contribution in [2.45, 2.75) is 12.5 Å². The van der Waals surface area contributed by atoms with Crippen LogP contribution in [0, 0.1) is 5.82 Å². The number of hydrogen-bond acceptors (Lipinski definition) is 2. The van der Waals surface area contributed by atoms with E-state index in [9.17, 15) is 4.39 Å². The minimum Gasteiger partial charge on any atom is -0.456 e. The molecule has 0 saturated carbocycles. The van der Waals surface area contributed by atoms with Gasteiger partial charge >= 0.3 is 0 Å². The second-order valence-electron chi connectivity index (χ2n) is 4.85. The Bertz CT molecular complexity index is 800. The lowest BCUT2D eigenvalue weighted by Crippen LogP contribution is -2.12. The van der Waals surface area contributed by atoms with E-state index in [0.717, 1.165) is 5.56 Å². The Morgan fingerprint density at radius 3 is 2.67 bits per heavy atom. The predicted octanol–water partition coefficient (Wildman–Crippen LogP) is 5.12. The molecule has 0 amide bonds. The molecule has 0 aliphatic heterocycles. The highest BCUT2D eigenvalue weighted by Crippen LogP contribution is 2.29. The molecule has 3 aromatic rings. The number of para-hydroxylation sites is 1. The van der Waals surface area contributed by atoms with E-state index in [1.807, 2.05) is 6.07 Å². The Kier molecular flexibility index (Phi) is 3.89. The fraction of sp³-hybridized carbons (Fsp3) is 0.125. The summed E-state index contributed by atoms with van der Waals surface area (Å²) in [5.74, 6) is 0.136. The molecule has 0 fully saturated rings. The lowest BCUT2D eigenvalue weighted by Gasteiger charge is -2.10. The first-order valence-corrected chi connectivity index (χ1v) is 7.17. The maximum absolute atomic E-state index is 13.6. The number of nitrogens with two attached hydrogens (primary N) is 1. The Morgan fingerprint density at radius 1 is 1.14 bits per heavy atom. The fourth-order valence-corrected chi connectivity index (χ4v) is 2.74. The molecule has 5 heteroatoms. The molecule has 2 aromatic carbocycles. The first-order chi connectivity index (χ1) is 10.0. The fourth-order valence-electron chi connectivity index (χ4n) is 2.25. The van der Waals surface area contributed by atoms with Crippen molar-refractivity contribution in [1.82, 2.24) is 0 Å². The smallest absolute Gasteiger partial charge is 0.169 e. The minimum atomic E-state index is -0.407. The van der Waals surface area contributed by atoms with Crippen molar-refractivity contribution in [3.05, 3.63) is 69.7 Å². The van der Waals surface area contributed by atoms with E-state index in [0.29, 0.717) is 27.6 Å². The van der Waals surface area contributed by atoms with Crippen molar-refractivity contribution in [3.8, 4) is 0 Å². The molecule has 0 saturated heterocycles. The van der Waals surface area contributed by atoms with Gasteiger partial charge in [0.2, 0.25) is 0 Å². The third kappa shape index (κ3) is 2.91. The molecule has 1 aromatic heterocycles. The van der Waals surface area contributed by atoms with Crippen LogP contribution in [0.4, 0.5) is 4.39 Å². The summed E-state index contributed by atoms with van der Waals surface area (Å²) in [5, 5.41) is 1.83. The number of benzene rings is 2. The summed E-state index contributed by atoms with van der Waals surface area (Å²) in [4.78, 5) is 0. The van der Waals surface area contributed by atoms with Crippen LogP contribution < -0.4 is 5.73 Å². The summed E-state index contributed by atoms with van der Waals surface area (Å²) < 4.78 is 19.2. The first-order valence-electron chi connectivity index (χ1n) is 6.42. The molecule has 108 valence electrons. The van der Waals surface area contributed by atoms with Crippen molar-refractivity contribution < 1.29 is 8.81 Å². The maximum Gasteiger partial charge on any atom is 0.169 e. The third-order valence-electron chi connectivity index (χ3n) is 3.34. The zero-order valence-corrected chi connectivity index (χ0v) is 12.5. The van der Waals surface area contributed by atoms with Crippen molar-refractivity contribution in [1.29, 1.82) is 0 Å². The van der Waals surface area contributed by atoms with E-state index in [-0.39, 0.29) is 5.58 Å². The van der Waals surface area contributed by atoms with Crippen molar-refractivity contribution in [2.24, 2.45) is 5.73 Å². The van der Waals surface area contributed by atoms with Gasteiger partial charge in [-0.25, -0.2) is 4.39 Å². The Morgan fingerprint density at radius 2 is 1.95 bits per heavy atom. The van der Waals surface area contributed by atoms with Crippen LogP contribution >= 0.6 is 23.2 Å². The molecule has 1 heterocycles. The standard InChI is InChI=1S/C16H12Cl2FNO/c17-11-5-4-9(12(18)8-11)6-14(20)15-7-10-2-1-3-13(19)16(10)21-15/h1-5,7-8,14H,6,20H2. The van der Waals surface area contributed by atoms with Gasteiger partial charge in [0.1, 0.15) is 5.76 Å². The molecule has 0 radical (unpaired) electrons. The maximum atomic E-state index is 13.6. The Labute approximate surface area is 131 Å². The molecule has 21 heavy (non-hydrogen) atoms. The largest absolute Gasteiger partial charge is 0.456 e. The SMILES string of the molecule is NC(Cc1ccc(Cl)cc1Cl)c1cc2cccc(F)c2o1. The van der Waals surface area contributed by atoms with E-state index in [1.165, 1.54) is 6.07 Å². The van der Waals surface area contributed by atoms with Crippen LogP contribution in [0.1, 0.15) is 17.4 Å². The molecular formula is C16H12Cl2FNO. The van der Waals surface area contributed by atoms with E-state index in [4.69, 9.17) is 33.4 Å². The molecule has 3 rings (SSSR count). The van der Waals surface area contributed by atoms with E-state index >= 15 is 0 Å². The average Bonchev–Trinajstić information content (AvgIpc) is 2.87. The summed E-state index contributed by atoms with van der Waals surface area (Å²) in [5.41, 5.74) is 7.24. The quantitative estimate of drug-likeness (QED) is 0.726. The van der Waals surface area contributed by atoms with Crippen LogP contribution in [0.15, 0.2) is 46.9 Å². The van der Waals surface area contributed by atoms with Gasteiger partial charge in [-0.1, -0.05) is 41.4 Å². The monoisotopic (exact) mass is 323 g/mol. The summed E-state index contributed by atoms with van der Waals surface area (Å²) in [7, 11) is 0. The van der Waals surface area contributed by atoms with Crippen LogP contribution in [0.2, 0.25) is 10.0 Å². The van der Waals surface area contributed by atoms with E-state index in [1.54, 1.807) is 30.3 Å². The van der Waals surface area contributed by atoms with Crippen LogP contribution in [0.3, 0.4) is 0 Å². The summed E-state index contributed by atoms with van der Waals surface area (Å²) in [6.45, 7) is 0. The third-order valence-corrected chi connectivity index (χ3v) is 3.92. The highest BCUT2D eigenvalue weighted by Gasteiger charge is 2.16. The Hall–Kier alpha value is -1.55.